The molecule has 18 heteroatoms. The lowest BCUT2D eigenvalue weighted by atomic mass is 9.74. The molecule has 0 unspecified atom stereocenters. The number of ketones is 1. The number of carbonyl (C=O) groups excluding carboxylic acids is 4. The molecule has 18 nitrogen and oxygen atoms in total. The number of hydrogen-bond donors (Lipinski definition) is 5. The molecule has 4 fully saturated rings. The third-order valence-electron chi connectivity index (χ3n) is 15.8. The second kappa shape index (κ2) is 25.9. The Balaban J connectivity index is 1.60. The second-order valence-electron chi connectivity index (χ2n) is 21.7. The Labute approximate surface area is 412 Å². The van der Waals surface area contributed by atoms with Gasteiger partial charge in [0.2, 0.25) is 5.91 Å². The number of alkyl carbamates (subject to hydrolysis) is 1. The number of rotatable bonds is 16. The fourth-order valence-corrected chi connectivity index (χ4v) is 11.3. The fraction of sp³-hybridized carbons (Fsp3) is 0.922. The molecule has 3 heterocycles. The largest absolute Gasteiger partial charge is 0.459 e. The molecule has 5 N–H and O–H groups in total. The standard InChI is InChI=1S/C51H91N3O15/c1-15-37-51(10,61)43(58)31(4)40(56)29(2)27-49(8,62-13)44(68-47-41(57)36(54(11)12)26-30(3)64-47)32(5)42(33(6)46(59)66-37)67-39-28-50(9,63-14)45(34(7)65-39)69-48(60)52-25-21-17-20-24-38(55)53-35-22-18-16-19-23-35/h29-37,39,41-45,47,57-58,61H,15-28H2,1-14H3,(H,52,60)(H,53,55)/t29-,30-,31+,32+,33-,34+,36+,37-,39+,41-,42+,43-,44-,45+,47+,49-,50-,51-/m1/s1. The van der Waals surface area contributed by atoms with Gasteiger partial charge < -0.3 is 68.7 Å². The lowest BCUT2D eigenvalue weighted by Crippen LogP contribution is -2.62. The van der Waals surface area contributed by atoms with Crippen LogP contribution in [0.25, 0.3) is 0 Å². The molecular formula is C51H91N3O15. The minimum atomic E-state index is -2.01. The first-order valence-electron chi connectivity index (χ1n) is 25.8. The number of esters is 1. The predicted octanol–water partition coefficient (Wildman–Crippen LogP) is 5.18. The maximum absolute atomic E-state index is 14.5. The molecule has 400 valence electrons. The zero-order chi connectivity index (χ0) is 51.6. The number of ether oxygens (including phenoxy) is 8. The van der Waals surface area contributed by atoms with E-state index in [1.165, 1.54) is 27.6 Å². The molecule has 0 spiro atoms. The van der Waals surface area contributed by atoms with E-state index in [1.54, 1.807) is 48.5 Å². The third-order valence-corrected chi connectivity index (χ3v) is 15.8. The van der Waals surface area contributed by atoms with Gasteiger partial charge in [-0.2, -0.15) is 0 Å². The zero-order valence-electron chi connectivity index (χ0n) is 44.3. The Morgan fingerprint density at radius 2 is 1.48 bits per heavy atom. The summed E-state index contributed by atoms with van der Waals surface area (Å²) < 4.78 is 51.1. The summed E-state index contributed by atoms with van der Waals surface area (Å²) in [6.07, 6.45) is -1.76. The molecule has 0 bridgehead atoms. The number of methoxy groups -OCH3 is 2. The minimum absolute atomic E-state index is 0.0567. The van der Waals surface area contributed by atoms with Crippen LogP contribution in [0.15, 0.2) is 0 Å². The smallest absolute Gasteiger partial charge is 0.407 e. The normalized spacial score (nSPS) is 41.2. The Bertz CT molecular complexity index is 1650. The summed E-state index contributed by atoms with van der Waals surface area (Å²) in [6.45, 7) is 17.4. The number of nitrogens with one attached hydrogen (secondary N) is 2. The number of Topliss-reactive ketones (excluding diaryl/α,β-unsaturated/α-hetero) is 1. The average Bonchev–Trinajstić information content (AvgIpc) is 3.30. The molecule has 2 amide bonds. The van der Waals surface area contributed by atoms with E-state index >= 15 is 0 Å². The van der Waals surface area contributed by atoms with Crippen molar-refractivity contribution >= 4 is 23.8 Å². The molecule has 69 heavy (non-hydrogen) atoms. The topological polar surface area (TPSA) is 230 Å². The minimum Gasteiger partial charge on any atom is -0.459 e. The van der Waals surface area contributed by atoms with Gasteiger partial charge in [-0.3, -0.25) is 14.4 Å². The van der Waals surface area contributed by atoms with Crippen LogP contribution in [0.4, 0.5) is 4.79 Å². The Morgan fingerprint density at radius 1 is 0.841 bits per heavy atom. The van der Waals surface area contributed by atoms with Gasteiger partial charge in [0.1, 0.15) is 29.2 Å². The Morgan fingerprint density at radius 3 is 2.09 bits per heavy atom. The SMILES string of the molecule is CC[C@H]1OC(=O)[C@H](C)[C@@H](O[C@H]2C[C@@](C)(OC)[C@@H](OC(=O)NCCCCCC(=O)NC3CCCCC3)[C@H](C)O2)[C@H](C)[C@@H](O[C@@H]2O[C@H](C)C[C@H](N(C)C)[C@H]2O)[C@](C)(OC)C[C@@H](C)C(=O)[C@H](C)[C@@H](O)[C@]1(C)O. The summed E-state index contributed by atoms with van der Waals surface area (Å²) in [5.41, 5.74) is -4.45. The van der Waals surface area contributed by atoms with E-state index in [-0.39, 0.29) is 49.1 Å². The van der Waals surface area contributed by atoms with Gasteiger partial charge in [-0.05, 0) is 101 Å². The Hall–Kier alpha value is -2.52. The number of aliphatic hydroxyl groups is 3. The van der Waals surface area contributed by atoms with Gasteiger partial charge in [0, 0.05) is 63.4 Å². The number of unbranched alkanes of at least 4 members (excludes halogenated alkanes) is 2. The summed E-state index contributed by atoms with van der Waals surface area (Å²) in [7, 11) is 6.76. The van der Waals surface area contributed by atoms with E-state index in [2.05, 4.69) is 10.6 Å². The maximum atomic E-state index is 14.5. The number of nitrogens with zero attached hydrogens (tertiary/aromatic N) is 1. The molecule has 1 aliphatic carbocycles. The molecular weight excluding hydrogens is 895 g/mol. The number of likely N-dealkylation sites (N-methyl/N-ethyl adjacent to an activating group) is 1. The van der Waals surface area contributed by atoms with Crippen LogP contribution in [0.5, 0.6) is 0 Å². The number of hydrogen-bond acceptors (Lipinski definition) is 16. The van der Waals surface area contributed by atoms with Crippen LogP contribution in [0.3, 0.4) is 0 Å². The van der Waals surface area contributed by atoms with Gasteiger partial charge in [-0.25, -0.2) is 4.79 Å². The van der Waals surface area contributed by atoms with E-state index in [0.717, 1.165) is 32.1 Å². The van der Waals surface area contributed by atoms with Gasteiger partial charge in [0.05, 0.1) is 42.0 Å². The van der Waals surface area contributed by atoms with Crippen LogP contribution in [0, 0.1) is 23.7 Å². The quantitative estimate of drug-likeness (QED) is 0.0991. The molecule has 3 aliphatic heterocycles. The molecule has 4 rings (SSSR count). The van der Waals surface area contributed by atoms with Crippen molar-refractivity contribution in [1.29, 1.82) is 0 Å². The van der Waals surface area contributed by atoms with E-state index in [4.69, 9.17) is 37.9 Å². The van der Waals surface area contributed by atoms with Crippen molar-refractivity contribution in [3.63, 3.8) is 0 Å². The summed E-state index contributed by atoms with van der Waals surface area (Å²) >= 11 is 0. The number of amides is 2. The van der Waals surface area contributed by atoms with E-state index in [9.17, 15) is 34.5 Å². The zero-order valence-corrected chi connectivity index (χ0v) is 44.3. The highest BCUT2D eigenvalue weighted by atomic mass is 16.7. The van der Waals surface area contributed by atoms with Gasteiger partial charge in [-0.15, -0.1) is 0 Å². The molecule has 0 aromatic heterocycles. The number of aliphatic hydroxyl groups excluding tert-OH is 2. The highest BCUT2D eigenvalue weighted by Gasteiger charge is 2.55. The summed E-state index contributed by atoms with van der Waals surface area (Å²) in [5, 5.41) is 41.1. The molecule has 1 saturated carbocycles. The molecule has 18 atom stereocenters. The van der Waals surface area contributed by atoms with Crippen LogP contribution in [-0.4, -0.2) is 169 Å². The molecule has 0 aromatic carbocycles. The van der Waals surface area contributed by atoms with Crippen molar-refractivity contribution in [1.82, 2.24) is 15.5 Å². The molecule has 3 saturated heterocycles. The van der Waals surface area contributed by atoms with Crippen molar-refractivity contribution in [2.45, 2.75) is 243 Å². The van der Waals surface area contributed by atoms with Crippen LogP contribution in [0.2, 0.25) is 0 Å². The number of cyclic esters (lactones) is 1. The van der Waals surface area contributed by atoms with Gasteiger partial charge in [0.25, 0.3) is 0 Å². The van der Waals surface area contributed by atoms with Crippen molar-refractivity contribution in [2.75, 3.05) is 34.9 Å². The highest BCUT2D eigenvalue weighted by molar-refractivity contribution is 5.83. The second-order valence-corrected chi connectivity index (χ2v) is 21.7. The lowest BCUT2D eigenvalue weighted by molar-refractivity contribution is -0.319. The Kier molecular flexibility index (Phi) is 22.2. The van der Waals surface area contributed by atoms with Gasteiger partial charge >= 0.3 is 12.1 Å². The fourth-order valence-electron chi connectivity index (χ4n) is 11.3. The summed E-state index contributed by atoms with van der Waals surface area (Å²) in [4.78, 5) is 56.3. The van der Waals surface area contributed by atoms with Crippen molar-refractivity contribution in [2.24, 2.45) is 23.7 Å². The first-order valence-corrected chi connectivity index (χ1v) is 25.8. The number of carbonyl (C=O) groups is 4. The third kappa shape index (κ3) is 15.0. The van der Waals surface area contributed by atoms with Crippen LogP contribution in [0.1, 0.15) is 153 Å². The first kappa shape index (κ1) is 59.0. The molecule has 0 aromatic rings. The first-order chi connectivity index (χ1) is 32.3. The van der Waals surface area contributed by atoms with Crippen molar-refractivity contribution in [3.05, 3.63) is 0 Å². The van der Waals surface area contributed by atoms with E-state index in [0.29, 0.717) is 32.2 Å². The van der Waals surface area contributed by atoms with Crippen molar-refractivity contribution < 1.29 is 72.4 Å². The van der Waals surface area contributed by atoms with Crippen LogP contribution < -0.4 is 10.6 Å². The summed E-state index contributed by atoms with van der Waals surface area (Å²) in [6, 6.07) is -0.0385. The van der Waals surface area contributed by atoms with Crippen molar-refractivity contribution in [3.8, 4) is 0 Å². The molecule has 4 aliphatic rings. The summed E-state index contributed by atoms with van der Waals surface area (Å²) in [5.74, 6) is -4.65. The van der Waals surface area contributed by atoms with E-state index in [1.807, 2.05) is 32.8 Å². The lowest BCUT2D eigenvalue weighted by Gasteiger charge is -2.50. The van der Waals surface area contributed by atoms with Gasteiger partial charge in [0.15, 0.2) is 18.7 Å². The highest BCUT2D eigenvalue weighted by Crippen LogP contribution is 2.42. The van der Waals surface area contributed by atoms with E-state index < -0.39 is 108 Å². The van der Waals surface area contributed by atoms with Gasteiger partial charge in [-0.1, -0.05) is 53.4 Å². The predicted molar refractivity (Wildman–Crippen MR) is 257 cm³/mol. The monoisotopic (exact) mass is 986 g/mol. The maximum Gasteiger partial charge on any atom is 0.407 e. The average molecular weight is 986 g/mol. The molecule has 0 radical (unpaired) electrons. The van der Waals surface area contributed by atoms with Crippen LogP contribution >= 0.6 is 0 Å². The van der Waals surface area contributed by atoms with Crippen LogP contribution in [-0.2, 0) is 52.3 Å².